The summed E-state index contributed by atoms with van der Waals surface area (Å²) in [5.74, 6) is 2.56. The third-order valence-corrected chi connectivity index (χ3v) is 5.95. The van der Waals surface area contributed by atoms with Gasteiger partial charge in [0.25, 0.3) is 0 Å². The average Bonchev–Trinajstić information content (AvgIpc) is 3.17. The number of fused-ring (bicyclic) bond motifs is 2. The van der Waals surface area contributed by atoms with Crippen molar-refractivity contribution < 1.29 is 4.39 Å². The second kappa shape index (κ2) is 6.23. The number of pyridine rings is 1. The van der Waals surface area contributed by atoms with Gasteiger partial charge in [0.15, 0.2) is 5.65 Å². The lowest BCUT2D eigenvalue weighted by Crippen LogP contribution is -2.29. The number of hydrogen-bond acceptors (Lipinski definition) is 5. The third kappa shape index (κ3) is 2.75. The molecule has 1 aromatic carbocycles. The number of aryl methyl sites for hydroxylation is 1. The second-order valence-electron chi connectivity index (χ2n) is 7.74. The molecule has 3 aromatic rings. The van der Waals surface area contributed by atoms with E-state index in [1.807, 2.05) is 31.2 Å². The van der Waals surface area contributed by atoms with Gasteiger partial charge in [-0.05, 0) is 49.7 Å². The highest BCUT2D eigenvalue weighted by Gasteiger charge is 2.46. The Morgan fingerprint density at radius 2 is 1.96 bits per heavy atom. The normalized spacial score (nSPS) is 25.3. The Bertz CT molecular complexity index is 1010. The topological polar surface area (TPSA) is 45.2 Å². The van der Waals surface area contributed by atoms with E-state index in [0.29, 0.717) is 11.8 Å². The molecule has 5 nitrogen and oxygen atoms in total. The van der Waals surface area contributed by atoms with Crippen LogP contribution in [-0.2, 0) is 0 Å². The van der Waals surface area contributed by atoms with Crippen molar-refractivity contribution in [3.63, 3.8) is 0 Å². The summed E-state index contributed by atoms with van der Waals surface area (Å²) in [5, 5.41) is 0.999. The molecule has 2 fully saturated rings. The first-order valence-electron chi connectivity index (χ1n) is 9.40. The highest BCUT2D eigenvalue weighted by Crippen LogP contribution is 2.45. The highest BCUT2D eigenvalue weighted by molar-refractivity contribution is 5.87. The monoisotopic (exact) mass is 363 g/mol. The molecule has 4 heterocycles. The fourth-order valence-electron chi connectivity index (χ4n) is 4.92. The number of anilines is 1. The standard InChI is InChI=1S/C21H22FN5/c1-13-24-20-17(7-4-8-23-20)21(25-13)27-11-15-10-26(2)19(18(15)12-27)14-5-3-6-16(22)9-14/h3-9,15,18-19H,10-12H2,1-2H3/t15-,18+,19-/m0/s1. The van der Waals surface area contributed by atoms with Crippen LogP contribution in [0, 0.1) is 24.6 Å². The van der Waals surface area contributed by atoms with Gasteiger partial charge in [-0.15, -0.1) is 0 Å². The average molecular weight is 363 g/mol. The molecule has 0 bridgehead atoms. The fraction of sp³-hybridized carbons (Fsp3) is 0.381. The lowest BCUT2D eigenvalue weighted by Gasteiger charge is -2.27. The number of nitrogens with zero attached hydrogens (tertiary/aromatic N) is 5. The molecule has 2 aliphatic rings. The molecular weight excluding hydrogens is 341 g/mol. The number of benzene rings is 1. The smallest absolute Gasteiger partial charge is 0.164 e. The van der Waals surface area contributed by atoms with Crippen molar-refractivity contribution in [3.8, 4) is 0 Å². The van der Waals surface area contributed by atoms with Crippen molar-refractivity contribution in [1.82, 2.24) is 19.9 Å². The van der Waals surface area contributed by atoms with Gasteiger partial charge in [-0.3, -0.25) is 4.90 Å². The van der Waals surface area contributed by atoms with E-state index >= 15 is 0 Å². The van der Waals surface area contributed by atoms with Gasteiger partial charge in [0.05, 0.1) is 5.39 Å². The zero-order valence-electron chi connectivity index (χ0n) is 15.5. The number of hydrogen-bond donors (Lipinski definition) is 0. The van der Waals surface area contributed by atoms with Crippen LogP contribution in [0.15, 0.2) is 42.6 Å². The number of halogens is 1. The maximum absolute atomic E-state index is 13.8. The molecule has 0 aliphatic carbocycles. The van der Waals surface area contributed by atoms with Gasteiger partial charge in [-0.2, -0.15) is 0 Å². The minimum absolute atomic E-state index is 0.164. The molecule has 0 radical (unpaired) electrons. The van der Waals surface area contributed by atoms with E-state index in [2.05, 4.69) is 26.8 Å². The van der Waals surface area contributed by atoms with E-state index in [4.69, 9.17) is 4.98 Å². The van der Waals surface area contributed by atoms with Crippen molar-refractivity contribution in [2.24, 2.45) is 11.8 Å². The quantitative estimate of drug-likeness (QED) is 0.700. The minimum atomic E-state index is -0.164. The van der Waals surface area contributed by atoms with Crippen molar-refractivity contribution >= 4 is 16.9 Å². The third-order valence-electron chi connectivity index (χ3n) is 5.95. The van der Waals surface area contributed by atoms with Crippen LogP contribution in [0.1, 0.15) is 17.4 Å². The molecule has 27 heavy (non-hydrogen) atoms. The second-order valence-corrected chi connectivity index (χ2v) is 7.74. The van der Waals surface area contributed by atoms with Crippen LogP contribution in [0.4, 0.5) is 10.2 Å². The van der Waals surface area contributed by atoms with Gasteiger partial charge in [-0.1, -0.05) is 12.1 Å². The van der Waals surface area contributed by atoms with Crippen molar-refractivity contribution in [2.75, 3.05) is 31.6 Å². The minimum Gasteiger partial charge on any atom is -0.355 e. The molecule has 0 amide bonds. The molecule has 3 atom stereocenters. The summed E-state index contributed by atoms with van der Waals surface area (Å²) in [7, 11) is 2.15. The molecule has 0 unspecified atom stereocenters. The first-order chi connectivity index (χ1) is 13.1. The van der Waals surface area contributed by atoms with E-state index in [0.717, 1.165) is 47.9 Å². The summed E-state index contributed by atoms with van der Waals surface area (Å²) in [4.78, 5) is 18.3. The van der Waals surface area contributed by atoms with Gasteiger partial charge in [0.1, 0.15) is 17.5 Å². The van der Waals surface area contributed by atoms with E-state index < -0.39 is 0 Å². The first-order valence-corrected chi connectivity index (χ1v) is 9.40. The Hall–Kier alpha value is -2.60. The number of aromatic nitrogens is 3. The van der Waals surface area contributed by atoms with Gasteiger partial charge in [0.2, 0.25) is 0 Å². The van der Waals surface area contributed by atoms with E-state index in [1.165, 1.54) is 6.07 Å². The van der Waals surface area contributed by atoms with Gasteiger partial charge < -0.3 is 4.90 Å². The highest BCUT2D eigenvalue weighted by atomic mass is 19.1. The Labute approximate surface area is 157 Å². The summed E-state index contributed by atoms with van der Waals surface area (Å²) in [6.07, 6.45) is 1.77. The van der Waals surface area contributed by atoms with Crippen LogP contribution in [0.2, 0.25) is 0 Å². The summed E-state index contributed by atoms with van der Waals surface area (Å²) in [5.41, 5.74) is 1.81. The van der Waals surface area contributed by atoms with Crippen LogP contribution in [0.25, 0.3) is 11.0 Å². The summed E-state index contributed by atoms with van der Waals surface area (Å²) >= 11 is 0. The van der Waals surface area contributed by atoms with Gasteiger partial charge in [-0.25, -0.2) is 19.3 Å². The Morgan fingerprint density at radius 3 is 2.81 bits per heavy atom. The molecular formula is C21H22FN5. The zero-order chi connectivity index (χ0) is 18.5. The molecule has 0 N–H and O–H groups in total. The van der Waals surface area contributed by atoms with Gasteiger partial charge >= 0.3 is 0 Å². The molecule has 5 rings (SSSR count). The molecule has 2 aliphatic heterocycles. The number of likely N-dealkylation sites (tertiary alicyclic amines) is 1. The lowest BCUT2D eigenvalue weighted by atomic mass is 9.89. The predicted octanol–water partition coefficient (Wildman–Crippen LogP) is 3.21. The van der Waals surface area contributed by atoms with Crippen LogP contribution in [0.5, 0.6) is 0 Å². The molecule has 2 aromatic heterocycles. The molecule has 0 spiro atoms. The maximum Gasteiger partial charge on any atom is 0.164 e. The lowest BCUT2D eigenvalue weighted by molar-refractivity contribution is 0.279. The van der Waals surface area contributed by atoms with E-state index in [9.17, 15) is 4.39 Å². The Morgan fingerprint density at radius 1 is 1.07 bits per heavy atom. The Balaban J connectivity index is 1.50. The van der Waals surface area contributed by atoms with Crippen molar-refractivity contribution in [2.45, 2.75) is 13.0 Å². The maximum atomic E-state index is 13.8. The van der Waals surface area contributed by atoms with Crippen LogP contribution in [-0.4, -0.2) is 46.5 Å². The molecule has 0 saturated carbocycles. The Kier molecular flexibility index (Phi) is 3.82. The first kappa shape index (κ1) is 16.6. The van der Waals surface area contributed by atoms with Crippen LogP contribution < -0.4 is 4.90 Å². The van der Waals surface area contributed by atoms with Crippen molar-refractivity contribution in [3.05, 3.63) is 59.8 Å². The zero-order valence-corrected chi connectivity index (χ0v) is 15.5. The SMILES string of the molecule is Cc1nc(N2C[C@@H]3CN(C)[C@@H](c4cccc(F)c4)[C@@H]3C2)c2cccnc2n1. The van der Waals surface area contributed by atoms with E-state index in [-0.39, 0.29) is 11.9 Å². The summed E-state index contributed by atoms with van der Waals surface area (Å²) < 4.78 is 13.8. The van der Waals surface area contributed by atoms with Crippen molar-refractivity contribution in [1.29, 1.82) is 0 Å². The molecule has 138 valence electrons. The summed E-state index contributed by atoms with van der Waals surface area (Å²) in [6.45, 7) is 4.80. The summed E-state index contributed by atoms with van der Waals surface area (Å²) in [6, 6.07) is 11.3. The molecule has 6 heteroatoms. The fourth-order valence-corrected chi connectivity index (χ4v) is 4.92. The van der Waals surface area contributed by atoms with Gasteiger partial charge in [0, 0.05) is 37.8 Å². The molecule has 2 saturated heterocycles. The predicted molar refractivity (Wildman–Crippen MR) is 103 cm³/mol. The van der Waals surface area contributed by atoms with Crippen LogP contribution >= 0.6 is 0 Å². The van der Waals surface area contributed by atoms with Crippen LogP contribution in [0.3, 0.4) is 0 Å². The van der Waals surface area contributed by atoms with E-state index in [1.54, 1.807) is 12.3 Å². The number of rotatable bonds is 2. The largest absolute Gasteiger partial charge is 0.355 e.